The standard InChI is InChI=1S/C19H16FN3O2/c1-12-9-17(16-10-15(25-2)7-8-18(16)22-12)19(24)23-21-11-13-3-5-14(20)6-4-13/h3-11H,1-2H3,(H,23,24). The van der Waals surface area contributed by atoms with Gasteiger partial charge in [0.1, 0.15) is 11.6 Å². The third-order valence-corrected chi connectivity index (χ3v) is 3.64. The number of benzene rings is 2. The zero-order valence-corrected chi connectivity index (χ0v) is 13.8. The van der Waals surface area contributed by atoms with Crippen molar-refractivity contribution in [1.29, 1.82) is 0 Å². The first-order valence-electron chi connectivity index (χ1n) is 7.61. The Balaban J connectivity index is 1.87. The van der Waals surface area contributed by atoms with Crippen LogP contribution in [0.25, 0.3) is 10.9 Å². The monoisotopic (exact) mass is 337 g/mol. The fourth-order valence-corrected chi connectivity index (χ4v) is 2.43. The Labute approximate surface area is 144 Å². The lowest BCUT2D eigenvalue weighted by atomic mass is 10.1. The molecule has 0 atom stereocenters. The summed E-state index contributed by atoms with van der Waals surface area (Å²) in [4.78, 5) is 16.9. The van der Waals surface area contributed by atoms with Crippen LogP contribution in [0.15, 0.2) is 53.6 Å². The average molecular weight is 337 g/mol. The summed E-state index contributed by atoms with van der Waals surface area (Å²) in [6.07, 6.45) is 1.45. The van der Waals surface area contributed by atoms with E-state index in [9.17, 15) is 9.18 Å². The summed E-state index contributed by atoms with van der Waals surface area (Å²) in [5, 5.41) is 4.61. The lowest BCUT2D eigenvalue weighted by molar-refractivity contribution is 0.0956. The average Bonchev–Trinajstić information content (AvgIpc) is 2.62. The van der Waals surface area contributed by atoms with Crippen LogP contribution < -0.4 is 10.2 Å². The third kappa shape index (κ3) is 3.80. The Hall–Kier alpha value is -3.28. The van der Waals surface area contributed by atoms with Gasteiger partial charge < -0.3 is 4.74 Å². The van der Waals surface area contributed by atoms with Gasteiger partial charge in [0.2, 0.25) is 0 Å². The van der Waals surface area contributed by atoms with Crippen molar-refractivity contribution in [3.8, 4) is 5.75 Å². The summed E-state index contributed by atoms with van der Waals surface area (Å²) in [7, 11) is 1.56. The predicted molar refractivity (Wildman–Crippen MR) is 94.5 cm³/mol. The molecule has 0 aliphatic carbocycles. The summed E-state index contributed by atoms with van der Waals surface area (Å²) in [6, 6.07) is 12.9. The number of halogens is 1. The van der Waals surface area contributed by atoms with Gasteiger partial charge in [-0.3, -0.25) is 9.78 Å². The number of rotatable bonds is 4. The van der Waals surface area contributed by atoms with Crippen molar-refractivity contribution in [2.45, 2.75) is 6.92 Å². The van der Waals surface area contributed by atoms with Crippen molar-refractivity contribution < 1.29 is 13.9 Å². The molecular weight excluding hydrogens is 321 g/mol. The van der Waals surface area contributed by atoms with E-state index < -0.39 is 0 Å². The van der Waals surface area contributed by atoms with E-state index in [-0.39, 0.29) is 11.7 Å². The molecule has 3 aromatic rings. The third-order valence-electron chi connectivity index (χ3n) is 3.64. The van der Waals surface area contributed by atoms with Gasteiger partial charge in [0.05, 0.1) is 24.4 Å². The van der Waals surface area contributed by atoms with Crippen LogP contribution >= 0.6 is 0 Å². The molecule has 0 unspecified atom stereocenters. The number of aryl methyl sites for hydroxylation is 1. The van der Waals surface area contributed by atoms with Gasteiger partial charge in [0, 0.05) is 11.1 Å². The molecular formula is C19H16FN3O2. The highest BCUT2D eigenvalue weighted by Crippen LogP contribution is 2.23. The Bertz CT molecular complexity index is 953. The van der Waals surface area contributed by atoms with Gasteiger partial charge >= 0.3 is 0 Å². The second-order valence-corrected chi connectivity index (χ2v) is 5.44. The highest BCUT2D eigenvalue weighted by atomic mass is 19.1. The van der Waals surface area contributed by atoms with E-state index in [0.717, 1.165) is 5.69 Å². The van der Waals surface area contributed by atoms with Crippen LogP contribution in [0, 0.1) is 12.7 Å². The maximum Gasteiger partial charge on any atom is 0.272 e. The second-order valence-electron chi connectivity index (χ2n) is 5.44. The molecule has 5 nitrogen and oxygen atoms in total. The Kier molecular flexibility index (Phi) is 4.70. The van der Waals surface area contributed by atoms with Gasteiger partial charge in [-0.15, -0.1) is 0 Å². The lowest BCUT2D eigenvalue weighted by Gasteiger charge is -2.08. The number of methoxy groups -OCH3 is 1. The lowest BCUT2D eigenvalue weighted by Crippen LogP contribution is -2.18. The number of fused-ring (bicyclic) bond motifs is 1. The van der Waals surface area contributed by atoms with Gasteiger partial charge in [-0.1, -0.05) is 12.1 Å². The molecule has 0 spiro atoms. The number of amides is 1. The maximum atomic E-state index is 12.9. The van der Waals surface area contributed by atoms with Gasteiger partial charge in [0.15, 0.2) is 0 Å². The van der Waals surface area contributed by atoms with E-state index in [0.29, 0.717) is 27.8 Å². The minimum absolute atomic E-state index is 0.325. The highest BCUT2D eigenvalue weighted by Gasteiger charge is 2.12. The van der Waals surface area contributed by atoms with E-state index in [1.165, 1.54) is 18.3 Å². The Morgan fingerprint density at radius 1 is 1.20 bits per heavy atom. The number of hydrogen-bond acceptors (Lipinski definition) is 4. The number of carbonyl (C=O) groups is 1. The topological polar surface area (TPSA) is 63.6 Å². The van der Waals surface area contributed by atoms with E-state index in [1.54, 1.807) is 43.5 Å². The van der Waals surface area contributed by atoms with Gasteiger partial charge in [-0.2, -0.15) is 5.10 Å². The molecule has 25 heavy (non-hydrogen) atoms. The zero-order chi connectivity index (χ0) is 17.8. The van der Waals surface area contributed by atoms with E-state index in [4.69, 9.17) is 4.74 Å². The number of pyridine rings is 1. The molecule has 0 aliphatic heterocycles. The molecule has 1 amide bonds. The first kappa shape index (κ1) is 16.6. The van der Waals surface area contributed by atoms with Gasteiger partial charge in [-0.05, 0) is 48.9 Å². The Morgan fingerprint density at radius 3 is 2.68 bits per heavy atom. The highest BCUT2D eigenvalue weighted by molar-refractivity contribution is 6.06. The van der Waals surface area contributed by atoms with Crippen molar-refractivity contribution in [3.05, 3.63) is 71.2 Å². The van der Waals surface area contributed by atoms with Crippen molar-refractivity contribution in [3.63, 3.8) is 0 Å². The largest absolute Gasteiger partial charge is 0.497 e. The van der Waals surface area contributed by atoms with Gasteiger partial charge in [0.25, 0.3) is 5.91 Å². The predicted octanol–water partition coefficient (Wildman–Crippen LogP) is 3.45. The number of carbonyl (C=O) groups excluding carboxylic acids is 1. The first-order chi connectivity index (χ1) is 12.1. The molecule has 2 aromatic carbocycles. The van der Waals surface area contributed by atoms with Crippen molar-refractivity contribution >= 4 is 23.0 Å². The number of aromatic nitrogens is 1. The molecule has 1 heterocycles. The van der Waals surface area contributed by atoms with E-state index in [2.05, 4.69) is 15.5 Å². The summed E-state index contributed by atoms with van der Waals surface area (Å²) >= 11 is 0. The molecule has 3 rings (SSSR count). The van der Waals surface area contributed by atoms with Crippen LogP contribution in [0.5, 0.6) is 5.75 Å². The molecule has 126 valence electrons. The molecule has 0 saturated heterocycles. The quantitative estimate of drug-likeness (QED) is 0.586. The van der Waals surface area contributed by atoms with Crippen molar-refractivity contribution in [2.75, 3.05) is 7.11 Å². The fraction of sp³-hybridized carbons (Fsp3) is 0.105. The van der Waals surface area contributed by atoms with Crippen LogP contribution in [0.2, 0.25) is 0 Å². The Morgan fingerprint density at radius 2 is 1.96 bits per heavy atom. The van der Waals surface area contributed by atoms with E-state index >= 15 is 0 Å². The smallest absolute Gasteiger partial charge is 0.272 e. The summed E-state index contributed by atoms with van der Waals surface area (Å²) < 4.78 is 18.1. The van der Waals surface area contributed by atoms with Crippen molar-refractivity contribution in [2.24, 2.45) is 5.10 Å². The number of ether oxygens (including phenoxy) is 1. The molecule has 0 fully saturated rings. The molecule has 0 bridgehead atoms. The minimum atomic E-state index is -0.359. The number of hydrogen-bond donors (Lipinski definition) is 1. The first-order valence-corrected chi connectivity index (χ1v) is 7.61. The van der Waals surface area contributed by atoms with Crippen LogP contribution in [-0.2, 0) is 0 Å². The molecule has 0 aliphatic rings. The van der Waals surface area contributed by atoms with Crippen LogP contribution in [0.3, 0.4) is 0 Å². The molecule has 1 aromatic heterocycles. The van der Waals surface area contributed by atoms with E-state index in [1.807, 2.05) is 6.92 Å². The summed E-state index contributed by atoms with van der Waals surface area (Å²) in [6.45, 7) is 1.82. The summed E-state index contributed by atoms with van der Waals surface area (Å²) in [5.41, 5.74) is 5.05. The molecule has 1 N–H and O–H groups in total. The van der Waals surface area contributed by atoms with Crippen molar-refractivity contribution in [1.82, 2.24) is 10.4 Å². The molecule has 0 saturated carbocycles. The minimum Gasteiger partial charge on any atom is -0.497 e. The van der Waals surface area contributed by atoms with Gasteiger partial charge in [-0.25, -0.2) is 9.82 Å². The SMILES string of the molecule is COc1ccc2nc(C)cc(C(=O)NN=Cc3ccc(F)cc3)c2c1. The zero-order valence-electron chi connectivity index (χ0n) is 13.8. The molecule has 6 heteroatoms. The normalized spacial score (nSPS) is 11.0. The van der Waals surface area contributed by atoms with Crippen LogP contribution in [-0.4, -0.2) is 24.2 Å². The number of nitrogens with zero attached hydrogens (tertiary/aromatic N) is 2. The number of hydrazone groups is 1. The van der Waals surface area contributed by atoms with Crippen LogP contribution in [0.4, 0.5) is 4.39 Å². The second kappa shape index (κ2) is 7.09. The molecule has 0 radical (unpaired) electrons. The maximum absolute atomic E-state index is 12.9. The number of nitrogens with one attached hydrogen (secondary N) is 1. The van der Waals surface area contributed by atoms with Crippen LogP contribution in [0.1, 0.15) is 21.6 Å². The summed E-state index contributed by atoms with van der Waals surface area (Å²) in [5.74, 6) is -0.0435. The fourth-order valence-electron chi connectivity index (χ4n) is 2.43.